The first-order valence-electron chi connectivity index (χ1n) is 11.9. The SMILES string of the molecule is CCOC(=O)c1ccc(N=C2S/C(=C\C(=O)OC)C(=O)N2CCc2ccc(OCC)c(OCC)c2)cc1. The summed E-state index contributed by atoms with van der Waals surface area (Å²) >= 11 is 1.09. The fourth-order valence-electron chi connectivity index (χ4n) is 3.44. The Balaban J connectivity index is 1.85. The lowest BCUT2D eigenvalue weighted by molar-refractivity contribution is -0.135. The van der Waals surface area contributed by atoms with Gasteiger partial charge in [-0.1, -0.05) is 6.07 Å². The molecule has 3 rings (SSSR count). The van der Waals surface area contributed by atoms with Gasteiger partial charge in [-0.15, -0.1) is 0 Å². The second-order valence-corrected chi connectivity index (χ2v) is 8.66. The molecule has 0 unspecified atom stereocenters. The molecule has 2 aromatic rings. The van der Waals surface area contributed by atoms with E-state index in [1.54, 1.807) is 31.2 Å². The summed E-state index contributed by atoms with van der Waals surface area (Å²) in [6.07, 6.45) is 1.68. The van der Waals surface area contributed by atoms with E-state index in [0.717, 1.165) is 23.4 Å². The Morgan fingerprint density at radius 2 is 1.68 bits per heavy atom. The Morgan fingerprint density at radius 1 is 0.973 bits per heavy atom. The van der Waals surface area contributed by atoms with E-state index in [-0.39, 0.29) is 17.4 Å². The lowest BCUT2D eigenvalue weighted by atomic mass is 10.1. The van der Waals surface area contributed by atoms with Gasteiger partial charge in [-0.05, 0) is 80.9 Å². The third kappa shape index (κ3) is 7.36. The minimum atomic E-state index is -0.622. The maximum Gasteiger partial charge on any atom is 0.338 e. The molecule has 37 heavy (non-hydrogen) atoms. The fourth-order valence-corrected chi connectivity index (χ4v) is 4.43. The molecule has 1 aliphatic rings. The summed E-state index contributed by atoms with van der Waals surface area (Å²) < 4.78 is 21.0. The van der Waals surface area contributed by atoms with Crippen LogP contribution in [-0.2, 0) is 25.5 Å². The molecule has 196 valence electrons. The number of amidine groups is 1. The van der Waals surface area contributed by atoms with Crippen LogP contribution in [0.3, 0.4) is 0 Å². The average Bonchev–Trinajstić information content (AvgIpc) is 3.18. The highest BCUT2D eigenvalue weighted by Gasteiger charge is 2.34. The molecule has 2 aromatic carbocycles. The number of aliphatic imine (C=N–C) groups is 1. The van der Waals surface area contributed by atoms with Gasteiger partial charge in [-0.25, -0.2) is 14.6 Å². The summed E-state index contributed by atoms with van der Waals surface area (Å²) in [5.74, 6) is -0.0701. The lowest BCUT2D eigenvalue weighted by Gasteiger charge is -2.17. The van der Waals surface area contributed by atoms with Crippen molar-refractivity contribution >= 4 is 40.5 Å². The number of hydrogen-bond donors (Lipinski definition) is 0. The normalized spacial score (nSPS) is 15.2. The molecule has 0 aliphatic carbocycles. The van der Waals surface area contributed by atoms with Gasteiger partial charge in [0.05, 0.1) is 43.1 Å². The second-order valence-electron chi connectivity index (χ2n) is 7.65. The van der Waals surface area contributed by atoms with Gasteiger partial charge in [-0.2, -0.15) is 0 Å². The number of rotatable bonds is 11. The molecular formula is C27H30N2O7S. The minimum absolute atomic E-state index is 0.218. The summed E-state index contributed by atoms with van der Waals surface area (Å²) in [4.78, 5) is 43.2. The molecule has 0 aromatic heterocycles. The molecule has 0 bridgehead atoms. The van der Waals surface area contributed by atoms with Crippen LogP contribution in [0.5, 0.6) is 11.5 Å². The number of methoxy groups -OCH3 is 1. The zero-order valence-corrected chi connectivity index (χ0v) is 22.1. The van der Waals surface area contributed by atoms with E-state index in [9.17, 15) is 14.4 Å². The molecule has 0 atom stereocenters. The van der Waals surface area contributed by atoms with Gasteiger partial charge in [0.15, 0.2) is 16.7 Å². The molecular weight excluding hydrogens is 496 g/mol. The van der Waals surface area contributed by atoms with Crippen LogP contribution in [0.25, 0.3) is 0 Å². The van der Waals surface area contributed by atoms with Crippen molar-refractivity contribution in [1.82, 2.24) is 4.90 Å². The Labute approximate surface area is 220 Å². The summed E-state index contributed by atoms with van der Waals surface area (Å²) in [6, 6.07) is 12.3. The first kappa shape index (κ1) is 27.8. The predicted octanol–water partition coefficient (Wildman–Crippen LogP) is 4.52. The summed E-state index contributed by atoms with van der Waals surface area (Å²) in [6.45, 7) is 7.18. The second kappa shape index (κ2) is 13.5. The molecule has 1 aliphatic heterocycles. The molecule has 1 fully saturated rings. The minimum Gasteiger partial charge on any atom is -0.490 e. The van der Waals surface area contributed by atoms with Gasteiger partial charge in [0.1, 0.15) is 0 Å². The molecule has 1 saturated heterocycles. The number of esters is 2. The number of thioether (sulfide) groups is 1. The van der Waals surface area contributed by atoms with Crippen molar-refractivity contribution in [2.45, 2.75) is 27.2 Å². The van der Waals surface area contributed by atoms with Gasteiger partial charge in [0, 0.05) is 12.6 Å². The monoisotopic (exact) mass is 526 g/mol. The van der Waals surface area contributed by atoms with E-state index in [0.29, 0.717) is 54.1 Å². The van der Waals surface area contributed by atoms with Crippen LogP contribution in [-0.4, -0.2) is 61.4 Å². The van der Waals surface area contributed by atoms with Gasteiger partial charge in [0.2, 0.25) is 0 Å². The Bertz CT molecular complexity index is 1190. The van der Waals surface area contributed by atoms with E-state index in [4.69, 9.17) is 18.9 Å². The maximum atomic E-state index is 13.1. The largest absolute Gasteiger partial charge is 0.490 e. The lowest BCUT2D eigenvalue weighted by Crippen LogP contribution is -2.31. The van der Waals surface area contributed by atoms with Crippen LogP contribution in [0.4, 0.5) is 5.69 Å². The molecule has 0 spiro atoms. The van der Waals surface area contributed by atoms with Gasteiger partial charge in [-0.3, -0.25) is 9.69 Å². The molecule has 0 radical (unpaired) electrons. The van der Waals surface area contributed by atoms with E-state index in [1.807, 2.05) is 32.0 Å². The van der Waals surface area contributed by atoms with Gasteiger partial charge >= 0.3 is 11.9 Å². The van der Waals surface area contributed by atoms with E-state index in [2.05, 4.69) is 4.99 Å². The number of nitrogens with zero attached hydrogens (tertiary/aromatic N) is 2. The quantitative estimate of drug-likeness (QED) is 0.311. The van der Waals surface area contributed by atoms with Crippen molar-refractivity contribution in [1.29, 1.82) is 0 Å². The molecule has 1 amide bonds. The fraction of sp³-hybridized carbons (Fsp3) is 0.333. The van der Waals surface area contributed by atoms with E-state index in [1.165, 1.54) is 12.0 Å². The maximum absolute atomic E-state index is 13.1. The van der Waals surface area contributed by atoms with Crippen molar-refractivity contribution in [2.24, 2.45) is 4.99 Å². The highest BCUT2D eigenvalue weighted by atomic mass is 32.2. The Hall–Kier alpha value is -3.79. The molecule has 9 nitrogen and oxygen atoms in total. The topological polar surface area (TPSA) is 104 Å². The first-order valence-corrected chi connectivity index (χ1v) is 12.8. The number of amides is 1. The molecule has 1 heterocycles. The van der Waals surface area contributed by atoms with Gasteiger partial charge < -0.3 is 18.9 Å². The van der Waals surface area contributed by atoms with Crippen molar-refractivity contribution in [2.75, 3.05) is 33.5 Å². The van der Waals surface area contributed by atoms with Crippen LogP contribution in [0.15, 0.2) is 58.4 Å². The van der Waals surface area contributed by atoms with E-state index < -0.39 is 11.9 Å². The zero-order valence-electron chi connectivity index (χ0n) is 21.3. The summed E-state index contributed by atoms with van der Waals surface area (Å²) in [5, 5.41) is 0.417. The molecule has 0 N–H and O–H groups in total. The van der Waals surface area contributed by atoms with Crippen LogP contribution < -0.4 is 9.47 Å². The number of hydrogen-bond acceptors (Lipinski definition) is 9. The third-order valence-electron chi connectivity index (χ3n) is 5.17. The average molecular weight is 527 g/mol. The van der Waals surface area contributed by atoms with Crippen LogP contribution >= 0.6 is 11.8 Å². The Morgan fingerprint density at radius 3 is 2.32 bits per heavy atom. The number of carbonyl (C=O) groups excluding carboxylic acids is 3. The number of benzene rings is 2. The van der Waals surface area contributed by atoms with Crippen LogP contribution in [0, 0.1) is 0 Å². The van der Waals surface area contributed by atoms with Crippen molar-refractivity contribution < 1.29 is 33.3 Å². The third-order valence-corrected chi connectivity index (χ3v) is 6.18. The summed E-state index contributed by atoms with van der Waals surface area (Å²) in [7, 11) is 1.25. The number of ether oxygens (including phenoxy) is 4. The molecule has 10 heteroatoms. The van der Waals surface area contributed by atoms with Crippen LogP contribution in [0.2, 0.25) is 0 Å². The van der Waals surface area contributed by atoms with Crippen molar-refractivity contribution in [3.8, 4) is 11.5 Å². The summed E-state index contributed by atoms with van der Waals surface area (Å²) in [5.41, 5.74) is 1.91. The highest BCUT2D eigenvalue weighted by molar-refractivity contribution is 8.18. The van der Waals surface area contributed by atoms with Crippen molar-refractivity contribution in [3.05, 3.63) is 64.6 Å². The predicted molar refractivity (Wildman–Crippen MR) is 141 cm³/mol. The smallest absolute Gasteiger partial charge is 0.338 e. The van der Waals surface area contributed by atoms with Crippen molar-refractivity contribution in [3.63, 3.8) is 0 Å². The Kier molecular flexibility index (Phi) is 10.1. The van der Waals surface area contributed by atoms with Crippen LogP contribution in [0.1, 0.15) is 36.7 Å². The van der Waals surface area contributed by atoms with Gasteiger partial charge in [0.25, 0.3) is 5.91 Å². The highest BCUT2D eigenvalue weighted by Crippen LogP contribution is 2.34. The van der Waals surface area contributed by atoms with E-state index >= 15 is 0 Å². The standard InChI is InChI=1S/C27H30N2O7S/c1-5-34-21-13-8-18(16-22(21)35-6-2)14-15-29-25(31)23(17-24(30)33-4)37-27(29)28-20-11-9-19(10-12-20)26(32)36-7-3/h8-13,16-17H,5-7,14-15H2,1-4H3/b23-17-,28-27?. The number of carbonyl (C=O) groups is 3. The zero-order chi connectivity index (χ0) is 26.8. The molecule has 0 saturated carbocycles. The first-order chi connectivity index (χ1) is 17.9.